The van der Waals surface area contributed by atoms with Gasteiger partial charge >= 0.3 is 0 Å². The van der Waals surface area contributed by atoms with E-state index in [2.05, 4.69) is 44.3 Å². The van der Waals surface area contributed by atoms with Crippen molar-refractivity contribution in [3.8, 4) is 11.4 Å². The highest BCUT2D eigenvalue weighted by atomic mass is 16.5. The van der Waals surface area contributed by atoms with E-state index in [0.29, 0.717) is 5.92 Å². The van der Waals surface area contributed by atoms with E-state index in [1.165, 1.54) is 5.69 Å². The number of benzene rings is 1. The lowest BCUT2D eigenvalue weighted by Crippen LogP contribution is -2.36. The van der Waals surface area contributed by atoms with Crippen molar-refractivity contribution in [1.82, 2.24) is 15.2 Å². The molecule has 4 rings (SSSR count). The number of H-pyrrole nitrogens is 1. The molecule has 0 spiro atoms. The van der Waals surface area contributed by atoms with Crippen LogP contribution in [0.4, 0.5) is 5.69 Å². The van der Waals surface area contributed by atoms with Crippen molar-refractivity contribution in [2.45, 2.75) is 12.3 Å². The van der Waals surface area contributed by atoms with Crippen molar-refractivity contribution in [1.29, 1.82) is 0 Å². The predicted octanol–water partition coefficient (Wildman–Crippen LogP) is 1.81. The van der Waals surface area contributed by atoms with Crippen LogP contribution in [-0.2, 0) is 9.47 Å². The quantitative estimate of drug-likeness (QED) is 0.936. The van der Waals surface area contributed by atoms with Crippen molar-refractivity contribution in [2.75, 3.05) is 44.4 Å². The lowest BCUT2D eigenvalue weighted by molar-refractivity contribution is 0.122. The fourth-order valence-corrected chi connectivity index (χ4v) is 3.00. The molecule has 1 atom stereocenters. The van der Waals surface area contributed by atoms with Crippen molar-refractivity contribution < 1.29 is 9.47 Å². The zero-order chi connectivity index (χ0) is 14.8. The molecular formula is C16H20N4O2. The topological polar surface area (TPSA) is 63.3 Å². The minimum atomic E-state index is 0.351. The summed E-state index contributed by atoms with van der Waals surface area (Å²) in [4.78, 5) is 7.00. The summed E-state index contributed by atoms with van der Waals surface area (Å²) in [7, 11) is 0. The second-order valence-electron chi connectivity index (χ2n) is 5.75. The van der Waals surface area contributed by atoms with E-state index < -0.39 is 0 Å². The Hall–Kier alpha value is -1.92. The Kier molecular flexibility index (Phi) is 3.78. The first-order valence-corrected chi connectivity index (χ1v) is 7.83. The maximum absolute atomic E-state index is 5.42. The summed E-state index contributed by atoms with van der Waals surface area (Å²) in [5, 5.41) is 7.45. The molecule has 1 unspecified atom stereocenters. The summed E-state index contributed by atoms with van der Waals surface area (Å²) >= 11 is 0. The largest absolute Gasteiger partial charge is 0.381 e. The lowest BCUT2D eigenvalue weighted by Gasteiger charge is -2.29. The third-order valence-electron chi connectivity index (χ3n) is 4.30. The second kappa shape index (κ2) is 6.06. The summed E-state index contributed by atoms with van der Waals surface area (Å²) in [6, 6.07) is 8.41. The number of anilines is 1. The molecule has 0 bridgehead atoms. The molecule has 2 saturated heterocycles. The fourth-order valence-electron chi connectivity index (χ4n) is 3.00. The number of rotatable bonds is 3. The Morgan fingerprint density at radius 2 is 2.05 bits per heavy atom. The summed E-state index contributed by atoms with van der Waals surface area (Å²) in [5.74, 6) is 2.05. The van der Waals surface area contributed by atoms with E-state index in [-0.39, 0.29) is 0 Å². The van der Waals surface area contributed by atoms with E-state index in [4.69, 9.17) is 9.47 Å². The molecule has 2 aliphatic heterocycles. The average molecular weight is 300 g/mol. The summed E-state index contributed by atoms with van der Waals surface area (Å²) in [6.45, 7) is 4.99. The first-order chi connectivity index (χ1) is 10.9. The maximum atomic E-state index is 5.42. The van der Waals surface area contributed by atoms with Gasteiger partial charge in [-0.05, 0) is 18.6 Å². The number of morpholine rings is 1. The van der Waals surface area contributed by atoms with Crippen LogP contribution in [0, 0.1) is 0 Å². The Morgan fingerprint density at radius 3 is 2.86 bits per heavy atom. The molecule has 22 heavy (non-hydrogen) atoms. The van der Waals surface area contributed by atoms with Gasteiger partial charge in [0.05, 0.1) is 19.8 Å². The SMILES string of the molecule is c1cc(-c2n[nH]c(C3CCOC3)n2)cc(N2CCOCC2)c1. The van der Waals surface area contributed by atoms with Gasteiger partial charge in [0.1, 0.15) is 5.82 Å². The Bertz CT molecular complexity index is 631. The van der Waals surface area contributed by atoms with Crippen LogP contribution in [0.15, 0.2) is 24.3 Å². The van der Waals surface area contributed by atoms with Crippen LogP contribution in [0.5, 0.6) is 0 Å². The summed E-state index contributed by atoms with van der Waals surface area (Å²) < 4.78 is 10.8. The zero-order valence-corrected chi connectivity index (χ0v) is 12.5. The molecule has 0 aliphatic carbocycles. The minimum Gasteiger partial charge on any atom is -0.381 e. The number of hydrogen-bond acceptors (Lipinski definition) is 5. The van der Waals surface area contributed by atoms with Gasteiger partial charge < -0.3 is 14.4 Å². The highest BCUT2D eigenvalue weighted by Gasteiger charge is 2.22. The van der Waals surface area contributed by atoms with E-state index in [1.807, 2.05) is 0 Å². The van der Waals surface area contributed by atoms with Gasteiger partial charge in [-0.2, -0.15) is 5.10 Å². The molecule has 0 radical (unpaired) electrons. The number of aromatic nitrogens is 3. The van der Waals surface area contributed by atoms with Crippen LogP contribution < -0.4 is 4.90 Å². The van der Waals surface area contributed by atoms with E-state index >= 15 is 0 Å². The Labute approximate surface area is 129 Å². The summed E-state index contributed by atoms with van der Waals surface area (Å²) in [5.41, 5.74) is 2.25. The molecule has 116 valence electrons. The maximum Gasteiger partial charge on any atom is 0.181 e. The van der Waals surface area contributed by atoms with Gasteiger partial charge in [0, 0.05) is 36.9 Å². The number of nitrogens with one attached hydrogen (secondary N) is 1. The number of ether oxygens (including phenoxy) is 2. The molecule has 0 amide bonds. The van der Waals surface area contributed by atoms with Gasteiger partial charge in [-0.3, -0.25) is 5.10 Å². The van der Waals surface area contributed by atoms with Gasteiger partial charge in [0.25, 0.3) is 0 Å². The van der Waals surface area contributed by atoms with E-state index in [1.54, 1.807) is 0 Å². The van der Waals surface area contributed by atoms with Crippen molar-refractivity contribution >= 4 is 5.69 Å². The lowest BCUT2D eigenvalue weighted by atomic mass is 10.1. The second-order valence-corrected chi connectivity index (χ2v) is 5.75. The van der Waals surface area contributed by atoms with E-state index in [0.717, 1.165) is 63.2 Å². The van der Waals surface area contributed by atoms with Crippen LogP contribution >= 0.6 is 0 Å². The van der Waals surface area contributed by atoms with Crippen LogP contribution in [0.25, 0.3) is 11.4 Å². The normalized spacial score (nSPS) is 22.2. The monoisotopic (exact) mass is 300 g/mol. The van der Waals surface area contributed by atoms with Crippen molar-refractivity contribution in [2.24, 2.45) is 0 Å². The molecule has 6 nitrogen and oxygen atoms in total. The van der Waals surface area contributed by atoms with Gasteiger partial charge in [-0.15, -0.1) is 0 Å². The highest BCUT2D eigenvalue weighted by molar-refractivity contribution is 5.63. The zero-order valence-electron chi connectivity index (χ0n) is 12.5. The Morgan fingerprint density at radius 1 is 1.14 bits per heavy atom. The predicted molar refractivity (Wildman–Crippen MR) is 83.0 cm³/mol. The molecule has 1 N–H and O–H groups in total. The Balaban J connectivity index is 1.56. The fraction of sp³-hybridized carbons (Fsp3) is 0.500. The van der Waals surface area contributed by atoms with Gasteiger partial charge in [-0.1, -0.05) is 12.1 Å². The molecule has 0 saturated carbocycles. The third-order valence-corrected chi connectivity index (χ3v) is 4.30. The van der Waals surface area contributed by atoms with Gasteiger partial charge in [0.15, 0.2) is 5.82 Å². The van der Waals surface area contributed by atoms with Crippen molar-refractivity contribution in [3.05, 3.63) is 30.1 Å². The van der Waals surface area contributed by atoms with Gasteiger partial charge in [0.2, 0.25) is 0 Å². The standard InChI is InChI=1S/C16H20N4O2/c1-2-12(10-14(3-1)20-5-8-21-9-6-20)15-17-16(19-18-15)13-4-7-22-11-13/h1-3,10,13H,4-9,11H2,(H,17,18,19). The first kappa shape index (κ1) is 13.7. The van der Waals surface area contributed by atoms with E-state index in [9.17, 15) is 0 Å². The smallest absolute Gasteiger partial charge is 0.181 e. The number of nitrogens with zero attached hydrogens (tertiary/aromatic N) is 3. The molecule has 2 fully saturated rings. The number of hydrogen-bond donors (Lipinski definition) is 1. The first-order valence-electron chi connectivity index (χ1n) is 7.83. The molecule has 2 aliphatic rings. The molecule has 1 aromatic heterocycles. The molecule has 6 heteroatoms. The van der Waals surface area contributed by atoms with Crippen LogP contribution in [0.1, 0.15) is 18.2 Å². The molecule has 2 aromatic rings. The van der Waals surface area contributed by atoms with Crippen LogP contribution in [0.2, 0.25) is 0 Å². The summed E-state index contributed by atoms with van der Waals surface area (Å²) in [6.07, 6.45) is 1.02. The van der Waals surface area contributed by atoms with Crippen LogP contribution in [-0.4, -0.2) is 54.7 Å². The molecular weight excluding hydrogens is 280 g/mol. The van der Waals surface area contributed by atoms with Gasteiger partial charge in [-0.25, -0.2) is 4.98 Å². The third kappa shape index (κ3) is 2.71. The molecule has 1 aromatic carbocycles. The minimum absolute atomic E-state index is 0.351. The molecule has 3 heterocycles. The average Bonchev–Trinajstić information content (AvgIpc) is 3.27. The van der Waals surface area contributed by atoms with Crippen LogP contribution in [0.3, 0.4) is 0 Å². The number of aromatic amines is 1. The highest BCUT2D eigenvalue weighted by Crippen LogP contribution is 2.26. The van der Waals surface area contributed by atoms with Crippen molar-refractivity contribution in [3.63, 3.8) is 0 Å².